The highest BCUT2D eigenvalue weighted by atomic mass is 15.5. The SMILES string of the molecule is CN(C)NC1=CC=CCC1. The molecule has 1 aliphatic carbocycles. The van der Waals surface area contributed by atoms with Gasteiger partial charge in [-0.1, -0.05) is 12.2 Å². The highest BCUT2D eigenvalue weighted by Gasteiger charge is 1.97. The van der Waals surface area contributed by atoms with E-state index in [1.807, 2.05) is 19.1 Å². The number of hydrogen-bond donors (Lipinski definition) is 1. The van der Waals surface area contributed by atoms with Crippen molar-refractivity contribution in [2.24, 2.45) is 0 Å². The molecule has 0 saturated carbocycles. The van der Waals surface area contributed by atoms with Gasteiger partial charge in [-0.2, -0.15) is 0 Å². The van der Waals surface area contributed by atoms with E-state index in [0.717, 1.165) is 12.8 Å². The summed E-state index contributed by atoms with van der Waals surface area (Å²) in [6.45, 7) is 0. The van der Waals surface area contributed by atoms with Gasteiger partial charge >= 0.3 is 0 Å². The quantitative estimate of drug-likeness (QED) is 0.578. The first-order valence-electron chi connectivity index (χ1n) is 3.59. The Kier molecular flexibility index (Phi) is 2.51. The molecule has 10 heavy (non-hydrogen) atoms. The Bertz CT molecular complexity index is 157. The average molecular weight is 138 g/mol. The van der Waals surface area contributed by atoms with Crippen molar-refractivity contribution in [3.05, 3.63) is 23.9 Å². The second kappa shape index (κ2) is 3.42. The van der Waals surface area contributed by atoms with Crippen LogP contribution in [0.25, 0.3) is 0 Å². The van der Waals surface area contributed by atoms with Gasteiger partial charge in [0.2, 0.25) is 0 Å². The summed E-state index contributed by atoms with van der Waals surface area (Å²) in [6.07, 6.45) is 8.68. The van der Waals surface area contributed by atoms with Gasteiger partial charge in [0, 0.05) is 19.8 Å². The first-order chi connectivity index (χ1) is 4.79. The summed E-state index contributed by atoms with van der Waals surface area (Å²) in [5.41, 5.74) is 4.52. The molecule has 0 atom stereocenters. The summed E-state index contributed by atoms with van der Waals surface area (Å²) in [5, 5.41) is 1.96. The molecule has 0 fully saturated rings. The van der Waals surface area contributed by atoms with Crippen molar-refractivity contribution in [3.63, 3.8) is 0 Å². The van der Waals surface area contributed by atoms with Gasteiger partial charge in [-0.25, -0.2) is 5.01 Å². The van der Waals surface area contributed by atoms with Crippen LogP contribution in [0.5, 0.6) is 0 Å². The molecule has 0 amide bonds. The van der Waals surface area contributed by atoms with Crippen LogP contribution in [0, 0.1) is 0 Å². The van der Waals surface area contributed by atoms with E-state index in [1.54, 1.807) is 0 Å². The molecule has 1 aliphatic rings. The molecule has 1 N–H and O–H groups in total. The highest BCUT2D eigenvalue weighted by molar-refractivity contribution is 5.15. The van der Waals surface area contributed by atoms with Crippen molar-refractivity contribution in [2.45, 2.75) is 12.8 Å². The predicted octanol–water partition coefficient (Wildman–Crippen LogP) is 1.29. The molecule has 0 unspecified atom stereocenters. The van der Waals surface area contributed by atoms with Gasteiger partial charge in [-0.3, -0.25) is 0 Å². The number of hydrazine groups is 1. The van der Waals surface area contributed by atoms with Crippen molar-refractivity contribution in [1.82, 2.24) is 10.4 Å². The van der Waals surface area contributed by atoms with Crippen LogP contribution >= 0.6 is 0 Å². The number of hydrogen-bond acceptors (Lipinski definition) is 2. The van der Waals surface area contributed by atoms with Gasteiger partial charge in [-0.15, -0.1) is 0 Å². The van der Waals surface area contributed by atoms with Gasteiger partial charge in [0.05, 0.1) is 0 Å². The fourth-order valence-corrected chi connectivity index (χ4v) is 0.983. The van der Waals surface area contributed by atoms with Crippen molar-refractivity contribution >= 4 is 0 Å². The molecule has 0 saturated heterocycles. The second-order valence-electron chi connectivity index (χ2n) is 2.66. The minimum atomic E-state index is 1.13. The van der Waals surface area contributed by atoms with Crippen LogP contribution in [0.3, 0.4) is 0 Å². The molecule has 0 aromatic heterocycles. The van der Waals surface area contributed by atoms with Gasteiger partial charge in [-0.05, 0) is 18.9 Å². The maximum absolute atomic E-state index is 3.22. The molecule has 0 spiro atoms. The minimum absolute atomic E-state index is 1.13. The number of nitrogens with one attached hydrogen (secondary N) is 1. The Hall–Kier alpha value is -0.760. The Balaban J connectivity index is 2.39. The Morgan fingerprint density at radius 1 is 1.50 bits per heavy atom. The van der Waals surface area contributed by atoms with E-state index in [2.05, 4.69) is 23.7 Å². The van der Waals surface area contributed by atoms with E-state index < -0.39 is 0 Å². The molecular weight excluding hydrogens is 124 g/mol. The molecule has 0 bridgehead atoms. The number of rotatable bonds is 2. The van der Waals surface area contributed by atoms with Crippen LogP contribution in [0.1, 0.15) is 12.8 Å². The van der Waals surface area contributed by atoms with Gasteiger partial charge in [0.1, 0.15) is 0 Å². The van der Waals surface area contributed by atoms with Crippen molar-refractivity contribution in [2.75, 3.05) is 14.1 Å². The molecule has 0 aliphatic heterocycles. The third-order valence-electron chi connectivity index (χ3n) is 1.38. The minimum Gasteiger partial charge on any atom is -0.323 e. The van der Waals surface area contributed by atoms with Gasteiger partial charge < -0.3 is 5.43 Å². The standard InChI is InChI=1S/C8H14N2/c1-10(2)9-8-6-4-3-5-7-8/h3-4,6,9H,5,7H2,1-2H3. The van der Waals surface area contributed by atoms with Crippen LogP contribution in [-0.4, -0.2) is 19.1 Å². The zero-order valence-electron chi connectivity index (χ0n) is 6.59. The van der Waals surface area contributed by atoms with Crippen LogP contribution in [0.15, 0.2) is 23.9 Å². The van der Waals surface area contributed by atoms with Gasteiger partial charge in [0.25, 0.3) is 0 Å². The Labute approximate surface area is 62.2 Å². The third-order valence-corrected chi connectivity index (χ3v) is 1.38. The van der Waals surface area contributed by atoms with E-state index in [1.165, 1.54) is 5.70 Å². The largest absolute Gasteiger partial charge is 0.323 e. The lowest BCUT2D eigenvalue weighted by Crippen LogP contribution is -2.29. The molecule has 0 radical (unpaired) electrons. The van der Waals surface area contributed by atoms with Gasteiger partial charge in [0.15, 0.2) is 0 Å². The van der Waals surface area contributed by atoms with Crippen LogP contribution in [0.2, 0.25) is 0 Å². The average Bonchev–Trinajstić information content (AvgIpc) is 1.88. The monoisotopic (exact) mass is 138 g/mol. The lowest BCUT2D eigenvalue weighted by atomic mass is 10.1. The normalized spacial score (nSPS) is 17.3. The predicted molar refractivity (Wildman–Crippen MR) is 43.3 cm³/mol. The summed E-state index contributed by atoms with van der Waals surface area (Å²) < 4.78 is 0. The molecule has 2 heteroatoms. The molecule has 0 aromatic carbocycles. The molecule has 2 nitrogen and oxygen atoms in total. The second-order valence-corrected chi connectivity index (χ2v) is 2.66. The zero-order chi connectivity index (χ0) is 7.40. The van der Waals surface area contributed by atoms with E-state index in [4.69, 9.17) is 0 Å². The van der Waals surface area contributed by atoms with Crippen molar-refractivity contribution in [1.29, 1.82) is 0 Å². The number of allylic oxidation sites excluding steroid dienone is 4. The van der Waals surface area contributed by atoms with Crippen LogP contribution in [-0.2, 0) is 0 Å². The smallest absolute Gasteiger partial charge is 0.0267 e. The maximum Gasteiger partial charge on any atom is 0.0267 e. The summed E-state index contributed by atoms with van der Waals surface area (Å²) in [4.78, 5) is 0. The fraction of sp³-hybridized carbons (Fsp3) is 0.500. The zero-order valence-corrected chi connectivity index (χ0v) is 6.59. The van der Waals surface area contributed by atoms with Crippen molar-refractivity contribution < 1.29 is 0 Å². The van der Waals surface area contributed by atoms with E-state index in [0.29, 0.717) is 0 Å². The van der Waals surface area contributed by atoms with E-state index >= 15 is 0 Å². The maximum atomic E-state index is 3.22. The van der Waals surface area contributed by atoms with Crippen LogP contribution in [0.4, 0.5) is 0 Å². The van der Waals surface area contributed by atoms with Crippen LogP contribution < -0.4 is 5.43 Å². The van der Waals surface area contributed by atoms with Crippen molar-refractivity contribution in [3.8, 4) is 0 Å². The fourth-order valence-electron chi connectivity index (χ4n) is 0.983. The lowest BCUT2D eigenvalue weighted by molar-refractivity contribution is 0.321. The van der Waals surface area contributed by atoms with E-state index in [-0.39, 0.29) is 0 Å². The number of nitrogens with zero attached hydrogens (tertiary/aromatic N) is 1. The topological polar surface area (TPSA) is 15.3 Å². The molecular formula is C8H14N2. The molecule has 1 rings (SSSR count). The summed E-state index contributed by atoms with van der Waals surface area (Å²) in [6, 6.07) is 0. The molecule has 0 aromatic rings. The molecule has 0 heterocycles. The first kappa shape index (κ1) is 7.35. The lowest BCUT2D eigenvalue weighted by Gasteiger charge is -2.17. The summed E-state index contributed by atoms with van der Waals surface area (Å²) in [7, 11) is 4.00. The molecule has 56 valence electrons. The highest BCUT2D eigenvalue weighted by Crippen LogP contribution is 2.07. The Morgan fingerprint density at radius 2 is 2.30 bits per heavy atom. The Morgan fingerprint density at radius 3 is 2.80 bits per heavy atom. The van der Waals surface area contributed by atoms with E-state index in [9.17, 15) is 0 Å². The summed E-state index contributed by atoms with van der Waals surface area (Å²) in [5.74, 6) is 0. The third kappa shape index (κ3) is 2.23. The first-order valence-corrected chi connectivity index (χ1v) is 3.59. The summed E-state index contributed by atoms with van der Waals surface area (Å²) >= 11 is 0.